The number of carbonyl (C=O) groups excluding carboxylic acids is 2. The van der Waals surface area contributed by atoms with Crippen molar-refractivity contribution in [2.75, 3.05) is 47.5 Å². The van der Waals surface area contributed by atoms with Crippen molar-refractivity contribution >= 4 is 34.7 Å². The Morgan fingerprint density at radius 2 is 1.81 bits per heavy atom. The first kappa shape index (κ1) is 42.6. The molecule has 15 heteroatoms. The highest BCUT2D eigenvalue weighted by Crippen LogP contribution is 2.54. The number of hydrogen-bond donors (Lipinski definition) is 4. The number of nitrogens with one attached hydrogen (secondary N) is 1. The van der Waals surface area contributed by atoms with Crippen LogP contribution in [0, 0.1) is 20.8 Å². The number of thioether (sulfide) groups is 1. The first-order valence-corrected chi connectivity index (χ1v) is 21.1. The Kier molecular flexibility index (Phi) is 11.9. The first-order chi connectivity index (χ1) is 28.1. The molecule has 0 bridgehead atoms. The number of para-hydroxylation sites is 1. The molecule has 59 heavy (non-hydrogen) atoms. The molecule has 3 aliphatic rings. The quantitative estimate of drug-likeness (QED) is 0.113. The van der Waals surface area contributed by atoms with Gasteiger partial charge >= 0.3 is 11.9 Å². The van der Waals surface area contributed by atoms with Gasteiger partial charge in [0, 0.05) is 63.9 Å². The zero-order valence-corrected chi connectivity index (χ0v) is 36.1. The summed E-state index contributed by atoms with van der Waals surface area (Å²) in [6, 6.07) is 6.98. The van der Waals surface area contributed by atoms with Crippen LogP contribution >= 0.6 is 11.8 Å². The molecule has 3 aromatic carbocycles. The van der Waals surface area contributed by atoms with E-state index in [-0.39, 0.29) is 43.2 Å². The lowest BCUT2D eigenvalue weighted by molar-refractivity contribution is -0.159. The third kappa shape index (κ3) is 7.19. The molecule has 4 aromatic rings. The molecule has 7 rings (SSSR count). The minimum Gasteiger partial charge on any atom is -0.504 e. The summed E-state index contributed by atoms with van der Waals surface area (Å²) in [5.41, 5.74) is 3.59. The van der Waals surface area contributed by atoms with Crippen LogP contribution in [0.2, 0.25) is 0 Å². The average Bonchev–Trinajstić information content (AvgIpc) is 3.81. The number of carbonyl (C=O) groups is 2. The van der Waals surface area contributed by atoms with Crippen molar-refractivity contribution in [1.29, 1.82) is 0 Å². The molecular weight excluding hydrogens is 779 g/mol. The second-order valence-corrected chi connectivity index (χ2v) is 17.4. The number of phenols is 1. The van der Waals surface area contributed by atoms with Crippen molar-refractivity contribution in [3.8, 4) is 28.7 Å². The van der Waals surface area contributed by atoms with Crippen molar-refractivity contribution in [1.82, 2.24) is 15.1 Å². The Morgan fingerprint density at radius 1 is 1.10 bits per heavy atom. The summed E-state index contributed by atoms with van der Waals surface area (Å²) in [6.07, 6.45) is 1.33. The lowest BCUT2D eigenvalue weighted by atomic mass is 9.85. The smallest absolute Gasteiger partial charge is 0.334 e. The third-order valence-electron chi connectivity index (χ3n) is 12.2. The Balaban J connectivity index is 1.43. The number of ether oxygens (including phenoxy) is 5. The zero-order valence-electron chi connectivity index (χ0n) is 35.3. The molecule has 0 radical (unpaired) electrons. The van der Waals surface area contributed by atoms with Gasteiger partial charge in [0.1, 0.15) is 29.9 Å². The van der Waals surface area contributed by atoms with E-state index in [2.05, 4.69) is 12.2 Å². The van der Waals surface area contributed by atoms with E-state index in [9.17, 15) is 24.9 Å². The van der Waals surface area contributed by atoms with E-state index in [0.717, 1.165) is 16.5 Å². The Hall–Kier alpha value is -4.51. The van der Waals surface area contributed by atoms with Crippen LogP contribution in [0.15, 0.2) is 34.7 Å². The fourth-order valence-corrected chi connectivity index (χ4v) is 10.1. The number of benzene rings is 3. The fourth-order valence-electron chi connectivity index (χ4n) is 9.56. The van der Waals surface area contributed by atoms with Crippen LogP contribution in [0.25, 0.3) is 11.0 Å². The molecular formula is C44H55N3O11S. The summed E-state index contributed by atoms with van der Waals surface area (Å²) in [5.74, 6) is 0.577. The summed E-state index contributed by atoms with van der Waals surface area (Å²) in [4.78, 5) is 31.4. The van der Waals surface area contributed by atoms with Gasteiger partial charge in [0.25, 0.3) is 0 Å². The molecule has 318 valence electrons. The highest BCUT2D eigenvalue weighted by Gasteiger charge is 2.51. The molecule has 0 amide bonds. The van der Waals surface area contributed by atoms with Gasteiger partial charge < -0.3 is 48.3 Å². The number of phenolic OH excluding ortho intramolecular Hbond substituents is 1. The Labute approximate surface area is 348 Å². The maximum Gasteiger partial charge on any atom is 0.334 e. The van der Waals surface area contributed by atoms with Gasteiger partial charge in [0.15, 0.2) is 28.5 Å². The van der Waals surface area contributed by atoms with Gasteiger partial charge in [-0.1, -0.05) is 31.2 Å². The van der Waals surface area contributed by atoms with Gasteiger partial charge in [0.2, 0.25) is 6.79 Å². The molecule has 4 N–H and O–H groups in total. The number of fused-ring (bicyclic) bond motifs is 5. The van der Waals surface area contributed by atoms with Crippen LogP contribution < -0.4 is 24.3 Å². The number of aryl methyl sites for hydroxylation is 1. The normalized spacial score (nSPS) is 23.7. The highest BCUT2D eigenvalue weighted by atomic mass is 32.2. The van der Waals surface area contributed by atoms with E-state index in [0.29, 0.717) is 62.8 Å². The molecule has 1 aromatic heterocycles. The second-order valence-electron chi connectivity index (χ2n) is 16.1. The fraction of sp³-hybridized carbons (Fsp3) is 0.500. The highest BCUT2D eigenvalue weighted by molar-refractivity contribution is 7.99. The number of esters is 2. The predicted octanol–water partition coefficient (Wildman–Crippen LogP) is 5.33. The van der Waals surface area contributed by atoms with Crippen LogP contribution in [-0.4, -0.2) is 108 Å². The zero-order chi connectivity index (χ0) is 42.7. The van der Waals surface area contributed by atoms with Crippen LogP contribution in [-0.2, 0) is 32.7 Å². The van der Waals surface area contributed by atoms with Gasteiger partial charge in [-0.15, -0.1) is 0 Å². The second kappa shape index (κ2) is 16.5. The molecule has 3 aliphatic heterocycles. The van der Waals surface area contributed by atoms with Crippen LogP contribution in [0.1, 0.15) is 77.6 Å². The van der Waals surface area contributed by atoms with Gasteiger partial charge in [-0.2, -0.15) is 11.8 Å². The molecule has 0 saturated carbocycles. The Morgan fingerprint density at radius 3 is 2.47 bits per heavy atom. The monoisotopic (exact) mass is 833 g/mol. The van der Waals surface area contributed by atoms with E-state index < -0.39 is 47.9 Å². The van der Waals surface area contributed by atoms with Gasteiger partial charge in [-0.3, -0.25) is 15.0 Å². The number of methoxy groups -OCH3 is 1. The molecule has 14 nitrogen and oxygen atoms in total. The number of aliphatic hydroxyl groups excluding tert-OH is 2. The summed E-state index contributed by atoms with van der Waals surface area (Å²) >= 11 is 1.59. The van der Waals surface area contributed by atoms with E-state index >= 15 is 0 Å². The summed E-state index contributed by atoms with van der Waals surface area (Å²) in [7, 11) is 5.37. The minimum atomic E-state index is -1.51. The molecule has 4 heterocycles. The maximum atomic E-state index is 14.9. The van der Waals surface area contributed by atoms with Crippen LogP contribution in [0.5, 0.6) is 28.7 Å². The standard InChI is InChI=1S/C44H55N3O11S/c1-21-15-26-16-32(50)47(35(24(4)59-10)36(46(7)8)34(26)37(51)38(21)53-9)30(33-22(2)39(57-25(5)49)23(3)40-41(33)56-20-55-40)19-54-43(52)44(6)42-29(17-27(18-48)45-44)28-13-11-12-14-31(28)58-42/h11-15,24,27,30,32,35-36,45,48,50-51H,16-20H2,1-10H3/t24-,27+,30+,32+,35+,36+,44-/m1/s1. The average molecular weight is 834 g/mol. The number of rotatable bonds is 11. The van der Waals surface area contributed by atoms with Gasteiger partial charge in [0.05, 0.1) is 25.8 Å². The van der Waals surface area contributed by atoms with E-state index in [4.69, 9.17) is 28.1 Å². The lowest BCUT2D eigenvalue weighted by Gasteiger charge is -2.47. The van der Waals surface area contributed by atoms with Crippen molar-refractivity contribution in [3.63, 3.8) is 0 Å². The molecule has 7 atom stereocenters. The summed E-state index contributed by atoms with van der Waals surface area (Å²) < 4.78 is 36.6. The van der Waals surface area contributed by atoms with Crippen molar-refractivity contribution in [2.24, 2.45) is 0 Å². The van der Waals surface area contributed by atoms with Gasteiger partial charge in [-0.05, 0) is 71.7 Å². The van der Waals surface area contributed by atoms with Crippen molar-refractivity contribution < 1.29 is 53.0 Å². The maximum absolute atomic E-state index is 14.9. The molecule has 0 unspecified atom stereocenters. The Bertz CT molecular complexity index is 2280. The molecule has 0 aliphatic carbocycles. The molecule has 0 saturated heterocycles. The van der Waals surface area contributed by atoms with Crippen LogP contribution in [0.3, 0.4) is 0 Å². The minimum absolute atomic E-state index is 0.00538. The van der Waals surface area contributed by atoms with E-state index in [1.807, 2.05) is 74.3 Å². The van der Waals surface area contributed by atoms with E-state index in [1.165, 1.54) is 14.0 Å². The predicted molar refractivity (Wildman–Crippen MR) is 222 cm³/mol. The number of hydrogen-bond acceptors (Lipinski definition) is 15. The molecule has 0 spiro atoms. The number of furan rings is 1. The van der Waals surface area contributed by atoms with Crippen molar-refractivity contribution in [2.45, 2.75) is 95.6 Å². The van der Waals surface area contributed by atoms with Gasteiger partial charge in [-0.25, -0.2) is 4.79 Å². The molecule has 0 fully saturated rings. The first-order valence-electron chi connectivity index (χ1n) is 19.8. The summed E-state index contributed by atoms with van der Waals surface area (Å²) in [6.45, 7) is 9.87. The number of likely N-dealkylation sites (N-methyl/N-ethyl adjacent to an activating group) is 1. The lowest BCUT2D eigenvalue weighted by Crippen LogP contribution is -2.58. The number of nitrogens with zero attached hydrogens (tertiary/aromatic N) is 2. The van der Waals surface area contributed by atoms with Crippen molar-refractivity contribution in [3.05, 3.63) is 75.0 Å². The van der Waals surface area contributed by atoms with Crippen LogP contribution in [0.4, 0.5) is 0 Å². The largest absolute Gasteiger partial charge is 0.504 e. The summed E-state index contributed by atoms with van der Waals surface area (Å²) in [5, 5.41) is 39.1. The van der Waals surface area contributed by atoms with E-state index in [1.54, 1.807) is 25.6 Å². The topological polar surface area (TPSA) is 173 Å². The SMILES string of the molecule is COc1c(C)cc2c(c1O)[C@H](N(C)C)[C@H]([C@@H](C)SC)N([C@@H](COC(=O)[C@]1(C)N[C@H](CO)Cc3c1oc1ccccc31)c1c(C)c(OC(C)=O)c(C)c3c1OCO3)[C@@H](O)C2. The third-order valence-corrected chi connectivity index (χ3v) is 13.2. The number of aliphatic hydroxyl groups is 2. The number of aromatic hydroxyl groups is 1.